The van der Waals surface area contributed by atoms with Crippen LogP contribution in [0.15, 0.2) is 91.4 Å². The fraction of sp³-hybridized carbons (Fsp3) is 0.357. The molecule has 0 aliphatic heterocycles. The number of nitrogens with zero attached hydrogens (tertiary/aromatic N) is 3. The molecule has 14 heteroatoms. The lowest BCUT2D eigenvalue weighted by Crippen LogP contribution is -2.30. The third-order valence-electron chi connectivity index (χ3n) is 8.28. The predicted molar refractivity (Wildman–Crippen MR) is 225 cm³/mol. The number of amides is 3. The van der Waals surface area contributed by atoms with Gasteiger partial charge in [-0.25, -0.2) is 0 Å². The summed E-state index contributed by atoms with van der Waals surface area (Å²) in [6, 6.07) is 23.9. The molecule has 2 heterocycles. The molecule has 2 aromatic heterocycles. The molecule has 0 saturated heterocycles. The number of primary amides is 1. The highest BCUT2D eigenvalue weighted by molar-refractivity contribution is 5.95. The molecule has 4 rings (SSSR count). The van der Waals surface area contributed by atoms with Gasteiger partial charge in [0.15, 0.2) is 0 Å². The normalized spacial score (nSPS) is 11.4. The Hall–Kier alpha value is -5.99. The Kier molecular flexibility index (Phi) is 27.1. The Labute approximate surface area is 332 Å². The van der Waals surface area contributed by atoms with Crippen LogP contribution in [0, 0.1) is 0 Å². The summed E-state index contributed by atoms with van der Waals surface area (Å²) in [5.74, 6) is 0.0849. The predicted octanol–water partition coefficient (Wildman–Crippen LogP) is 4.15. The average Bonchev–Trinajstić information content (AvgIpc) is 3.22. The Morgan fingerprint density at radius 1 is 0.875 bits per heavy atom. The second-order valence-corrected chi connectivity index (χ2v) is 12.8. The first kappa shape index (κ1) is 50.0. The largest absolute Gasteiger partial charge is 0.399 e. The maximum atomic E-state index is 13.5. The van der Waals surface area contributed by atoms with Crippen LogP contribution in [0.3, 0.4) is 0 Å². The van der Waals surface area contributed by atoms with E-state index in [4.69, 9.17) is 20.1 Å². The van der Waals surface area contributed by atoms with Crippen LogP contribution in [0.25, 0.3) is 0 Å². The zero-order valence-electron chi connectivity index (χ0n) is 33.6. The van der Waals surface area contributed by atoms with Gasteiger partial charge in [0.25, 0.3) is 5.91 Å². The third-order valence-corrected chi connectivity index (χ3v) is 8.28. The number of carbonyl (C=O) groups is 5. The van der Waals surface area contributed by atoms with Crippen LogP contribution in [0.2, 0.25) is 0 Å². The molecular formula is C42H61N9O5. The molecule has 0 spiro atoms. The lowest BCUT2D eigenvalue weighted by Gasteiger charge is -2.25. The number of benzene rings is 2. The van der Waals surface area contributed by atoms with Gasteiger partial charge in [0.1, 0.15) is 13.6 Å². The first-order chi connectivity index (χ1) is 27.0. The lowest BCUT2D eigenvalue weighted by atomic mass is 9.91. The SMILES string of the molecule is C=O.C=O.CNCCCN(C)c1cc(C(=O)NC(C)c2cccnc2)cc([C@H](CNC(C)C)Cc2ccccn2)c1.C[C@@H](NC=O)c1ccc(N)cc1.NC=O. The zero-order valence-corrected chi connectivity index (χ0v) is 33.6. The maximum Gasteiger partial charge on any atom is 0.251 e. The fourth-order valence-corrected chi connectivity index (χ4v) is 5.28. The van der Waals surface area contributed by atoms with Gasteiger partial charge in [0.05, 0.1) is 12.1 Å². The molecule has 0 fully saturated rings. The van der Waals surface area contributed by atoms with Gasteiger partial charge >= 0.3 is 0 Å². The topological polar surface area (TPSA) is 215 Å². The molecule has 8 N–H and O–H groups in total. The highest BCUT2D eigenvalue weighted by atomic mass is 16.2. The lowest BCUT2D eigenvalue weighted by molar-refractivity contribution is -0.110. The Morgan fingerprint density at radius 3 is 2.11 bits per heavy atom. The van der Waals surface area contributed by atoms with E-state index < -0.39 is 0 Å². The van der Waals surface area contributed by atoms with Crippen LogP contribution >= 0.6 is 0 Å². The van der Waals surface area contributed by atoms with Crippen molar-refractivity contribution >= 4 is 43.7 Å². The van der Waals surface area contributed by atoms with Crippen LogP contribution < -0.4 is 37.6 Å². The van der Waals surface area contributed by atoms with Crippen molar-refractivity contribution in [1.29, 1.82) is 0 Å². The molecule has 1 unspecified atom stereocenters. The Morgan fingerprint density at radius 2 is 1.55 bits per heavy atom. The molecule has 0 radical (unpaired) electrons. The van der Waals surface area contributed by atoms with Crippen molar-refractivity contribution in [1.82, 2.24) is 31.2 Å². The number of nitrogens with one attached hydrogen (secondary N) is 4. The number of hydrogen-bond donors (Lipinski definition) is 6. The van der Waals surface area contributed by atoms with E-state index in [1.54, 1.807) is 12.4 Å². The summed E-state index contributed by atoms with van der Waals surface area (Å²) >= 11 is 0. The number of nitrogen functional groups attached to an aromatic ring is 1. The van der Waals surface area contributed by atoms with Crippen molar-refractivity contribution in [3.63, 3.8) is 0 Å². The quantitative estimate of drug-likeness (QED) is 0.0510. The van der Waals surface area contributed by atoms with E-state index in [-0.39, 0.29) is 30.3 Å². The van der Waals surface area contributed by atoms with E-state index in [1.165, 1.54) is 0 Å². The number of pyridine rings is 2. The average molecular weight is 772 g/mol. The Bertz CT molecular complexity index is 1630. The summed E-state index contributed by atoms with van der Waals surface area (Å²) in [6.45, 7) is 14.9. The van der Waals surface area contributed by atoms with E-state index in [9.17, 15) is 9.59 Å². The van der Waals surface area contributed by atoms with Gasteiger partial charge in [0, 0.05) is 73.3 Å². The number of carbonyl (C=O) groups excluding carboxylic acids is 5. The molecule has 304 valence electrons. The van der Waals surface area contributed by atoms with Gasteiger partial charge in [-0.3, -0.25) is 24.4 Å². The van der Waals surface area contributed by atoms with Gasteiger partial charge in [-0.15, -0.1) is 0 Å². The maximum absolute atomic E-state index is 13.5. The third kappa shape index (κ3) is 19.9. The molecule has 0 bridgehead atoms. The van der Waals surface area contributed by atoms with Gasteiger partial charge in [-0.2, -0.15) is 0 Å². The first-order valence-corrected chi connectivity index (χ1v) is 18.2. The summed E-state index contributed by atoms with van der Waals surface area (Å²) in [7, 11) is 4.06. The van der Waals surface area contributed by atoms with Crippen LogP contribution in [-0.2, 0) is 25.6 Å². The highest BCUT2D eigenvalue weighted by Gasteiger charge is 2.20. The summed E-state index contributed by atoms with van der Waals surface area (Å²) < 4.78 is 0. The summed E-state index contributed by atoms with van der Waals surface area (Å²) in [6.07, 6.45) is 8.13. The van der Waals surface area contributed by atoms with E-state index >= 15 is 0 Å². The number of anilines is 2. The highest BCUT2D eigenvalue weighted by Crippen LogP contribution is 2.27. The van der Waals surface area contributed by atoms with E-state index in [2.05, 4.69) is 74.9 Å². The molecule has 0 aliphatic carbocycles. The molecule has 0 saturated carbocycles. The van der Waals surface area contributed by atoms with Crippen molar-refractivity contribution < 1.29 is 24.0 Å². The van der Waals surface area contributed by atoms with E-state index in [1.807, 2.05) is 101 Å². The monoisotopic (exact) mass is 771 g/mol. The van der Waals surface area contributed by atoms with Crippen molar-refractivity contribution in [2.45, 2.75) is 64.6 Å². The minimum absolute atomic E-state index is 0.0445. The van der Waals surface area contributed by atoms with E-state index in [0.29, 0.717) is 18.0 Å². The summed E-state index contributed by atoms with van der Waals surface area (Å²) in [4.78, 5) is 59.2. The summed E-state index contributed by atoms with van der Waals surface area (Å²) in [5.41, 5.74) is 16.3. The van der Waals surface area contributed by atoms with Crippen molar-refractivity contribution in [2.75, 3.05) is 44.4 Å². The number of aromatic nitrogens is 2. The van der Waals surface area contributed by atoms with Gasteiger partial charge in [-0.1, -0.05) is 38.1 Å². The number of hydrogen-bond acceptors (Lipinski definition) is 11. The van der Waals surface area contributed by atoms with Crippen LogP contribution in [0.5, 0.6) is 0 Å². The van der Waals surface area contributed by atoms with E-state index in [0.717, 1.165) is 66.2 Å². The first-order valence-electron chi connectivity index (χ1n) is 18.2. The second-order valence-electron chi connectivity index (χ2n) is 12.8. The molecule has 0 aliphatic rings. The molecule has 56 heavy (non-hydrogen) atoms. The van der Waals surface area contributed by atoms with Crippen molar-refractivity contribution in [3.8, 4) is 0 Å². The smallest absolute Gasteiger partial charge is 0.251 e. The van der Waals surface area contributed by atoms with Gasteiger partial charge < -0.3 is 47.2 Å². The van der Waals surface area contributed by atoms with Gasteiger partial charge in [-0.05, 0) is 106 Å². The van der Waals surface area contributed by atoms with Crippen molar-refractivity contribution in [3.05, 3.63) is 119 Å². The van der Waals surface area contributed by atoms with Gasteiger partial charge in [0.2, 0.25) is 12.8 Å². The minimum atomic E-state index is -0.145. The zero-order chi connectivity index (χ0) is 42.3. The van der Waals surface area contributed by atoms with Crippen LogP contribution in [0.4, 0.5) is 11.4 Å². The number of rotatable bonds is 17. The second kappa shape index (κ2) is 30.3. The molecule has 2 aromatic carbocycles. The van der Waals surface area contributed by atoms with Crippen LogP contribution in [-0.4, -0.2) is 82.0 Å². The molecule has 3 amide bonds. The van der Waals surface area contributed by atoms with Crippen LogP contribution in [0.1, 0.15) is 84.9 Å². The fourth-order valence-electron chi connectivity index (χ4n) is 5.28. The molecule has 3 atom stereocenters. The minimum Gasteiger partial charge on any atom is -0.399 e. The van der Waals surface area contributed by atoms with Crippen molar-refractivity contribution in [2.24, 2.45) is 5.73 Å². The molecule has 4 aromatic rings. The summed E-state index contributed by atoms with van der Waals surface area (Å²) in [5, 5.41) is 12.6. The molecular weight excluding hydrogens is 711 g/mol. The standard InChI is InChI=1S/C30H42N6O.C9H12N2O.CH3NO.2CH2O/c1-22(2)34-21-27(17-28-11-6-7-14-33-28)25-16-26(19-29(18-25)36(5)15-9-12-31-4)30(37)35-23(3)24-10-8-13-32-20-24;1-7(11-6-12)8-2-4-9(10)5-3-8;2-1-3;2*1-2/h6-8,10-11,13-14,16,18-20,22-23,27,31,34H,9,12,15,17,21H2,1-5H3,(H,35,37);2-7H,10H2,1H3,(H,11,12);1H,(H2,2,3);2*1H2/t23?,27-;7-;;;/m01.../s1. The number of nitrogens with two attached hydrogens (primary N) is 2. The molecule has 14 nitrogen and oxygen atoms in total. The Balaban J connectivity index is 0.00000132.